The molecule has 0 aliphatic rings. The van der Waals surface area contributed by atoms with Gasteiger partial charge < -0.3 is 15.2 Å². The van der Waals surface area contributed by atoms with Crippen LogP contribution in [-0.2, 0) is 10.0 Å². The van der Waals surface area contributed by atoms with E-state index in [1.54, 1.807) is 18.2 Å². The summed E-state index contributed by atoms with van der Waals surface area (Å²) < 4.78 is 35.1. The molecule has 0 unspecified atom stereocenters. The minimum atomic E-state index is -3.40. The molecule has 2 N–H and O–H groups in total. The van der Waals surface area contributed by atoms with Crippen LogP contribution < -0.4 is 19.5 Å². The van der Waals surface area contributed by atoms with Crippen LogP contribution in [0.25, 0.3) is 0 Å². The van der Waals surface area contributed by atoms with Crippen LogP contribution in [0.3, 0.4) is 0 Å². The van der Waals surface area contributed by atoms with Gasteiger partial charge in [-0.05, 0) is 12.1 Å². The van der Waals surface area contributed by atoms with Crippen molar-refractivity contribution in [1.82, 2.24) is 0 Å². The molecule has 7 heteroatoms. The van der Waals surface area contributed by atoms with Crippen molar-refractivity contribution in [2.45, 2.75) is 0 Å². The fraction of sp³-hybridized carbons (Fsp3) is 0.455. The Balaban J connectivity index is 3.11. The Morgan fingerprint density at radius 1 is 1.22 bits per heavy atom. The van der Waals surface area contributed by atoms with Gasteiger partial charge in [-0.3, -0.25) is 4.31 Å². The van der Waals surface area contributed by atoms with E-state index in [-0.39, 0.29) is 12.3 Å². The smallest absolute Gasteiger partial charge is 0.236 e. The van der Waals surface area contributed by atoms with Gasteiger partial charge in [0.05, 0.1) is 25.7 Å². The number of nitrogens with zero attached hydrogens (tertiary/aromatic N) is 1. The molecule has 0 atom stereocenters. The highest BCUT2D eigenvalue weighted by Crippen LogP contribution is 2.31. The highest BCUT2D eigenvalue weighted by molar-refractivity contribution is 7.92. The predicted molar refractivity (Wildman–Crippen MR) is 70.8 cm³/mol. The monoisotopic (exact) mass is 274 g/mol. The van der Waals surface area contributed by atoms with Crippen LogP contribution in [0.2, 0.25) is 0 Å². The third kappa shape index (κ3) is 3.05. The molecule has 0 saturated carbocycles. The van der Waals surface area contributed by atoms with Crippen LogP contribution >= 0.6 is 0 Å². The molecule has 0 heterocycles. The Morgan fingerprint density at radius 2 is 1.83 bits per heavy atom. The zero-order valence-electron chi connectivity index (χ0n) is 10.7. The van der Waals surface area contributed by atoms with E-state index in [0.29, 0.717) is 17.2 Å². The Labute approximate surface area is 107 Å². The van der Waals surface area contributed by atoms with Crippen molar-refractivity contribution in [3.63, 3.8) is 0 Å². The molecule has 0 aliphatic heterocycles. The maximum atomic E-state index is 11.9. The van der Waals surface area contributed by atoms with Crippen LogP contribution in [0.15, 0.2) is 18.2 Å². The number of rotatable bonds is 6. The summed E-state index contributed by atoms with van der Waals surface area (Å²) in [5.74, 6) is 0.924. The quantitative estimate of drug-likeness (QED) is 0.813. The van der Waals surface area contributed by atoms with Crippen molar-refractivity contribution in [2.75, 3.05) is 37.9 Å². The number of anilines is 1. The molecule has 0 aromatic heterocycles. The molecule has 1 aromatic carbocycles. The molecule has 0 aliphatic carbocycles. The van der Waals surface area contributed by atoms with Gasteiger partial charge in [-0.25, -0.2) is 8.42 Å². The Morgan fingerprint density at radius 3 is 2.33 bits per heavy atom. The van der Waals surface area contributed by atoms with Crippen LogP contribution in [0.4, 0.5) is 5.69 Å². The number of sulfonamides is 1. The van der Waals surface area contributed by atoms with Gasteiger partial charge in [0.2, 0.25) is 10.0 Å². The Bertz CT molecular complexity index is 502. The molecular formula is C11H18N2O4S. The second-order valence-electron chi connectivity index (χ2n) is 3.61. The van der Waals surface area contributed by atoms with E-state index in [0.717, 1.165) is 0 Å². The molecule has 1 rings (SSSR count). The number of methoxy groups -OCH3 is 2. The highest BCUT2D eigenvalue weighted by Gasteiger charge is 2.18. The van der Waals surface area contributed by atoms with E-state index in [1.165, 1.54) is 25.6 Å². The third-order valence-electron chi connectivity index (χ3n) is 2.52. The first-order valence-electron chi connectivity index (χ1n) is 5.35. The maximum Gasteiger partial charge on any atom is 0.236 e. The lowest BCUT2D eigenvalue weighted by Gasteiger charge is -2.20. The summed E-state index contributed by atoms with van der Waals surface area (Å²) in [6.07, 6.45) is 0. The van der Waals surface area contributed by atoms with Crippen molar-refractivity contribution in [2.24, 2.45) is 5.73 Å². The normalized spacial score (nSPS) is 11.1. The van der Waals surface area contributed by atoms with E-state index >= 15 is 0 Å². The number of hydrogen-bond acceptors (Lipinski definition) is 5. The summed E-state index contributed by atoms with van der Waals surface area (Å²) in [6, 6.07) is 4.91. The van der Waals surface area contributed by atoms with Gasteiger partial charge >= 0.3 is 0 Å². The van der Waals surface area contributed by atoms with Crippen LogP contribution in [0.5, 0.6) is 11.5 Å². The van der Waals surface area contributed by atoms with E-state index in [2.05, 4.69) is 0 Å². The van der Waals surface area contributed by atoms with Crippen LogP contribution in [0, 0.1) is 0 Å². The first kappa shape index (κ1) is 14.6. The van der Waals surface area contributed by atoms with Crippen molar-refractivity contribution < 1.29 is 17.9 Å². The molecule has 1 aromatic rings. The van der Waals surface area contributed by atoms with Crippen molar-refractivity contribution >= 4 is 15.7 Å². The largest absolute Gasteiger partial charge is 0.493 e. The summed E-state index contributed by atoms with van der Waals surface area (Å²) in [5, 5.41) is 0. The standard InChI is InChI=1S/C11H18N2O4S/c1-13(18(14,15)7-6-12)9-4-5-10(16-2)11(8-9)17-3/h4-5,8H,6-7,12H2,1-3H3. The van der Waals surface area contributed by atoms with Gasteiger partial charge in [-0.2, -0.15) is 0 Å². The van der Waals surface area contributed by atoms with Gasteiger partial charge in [-0.1, -0.05) is 0 Å². The fourth-order valence-corrected chi connectivity index (χ4v) is 2.47. The molecule has 0 fully saturated rings. The van der Waals surface area contributed by atoms with E-state index in [1.807, 2.05) is 0 Å². The molecule has 0 bridgehead atoms. The number of ether oxygens (including phenoxy) is 2. The second kappa shape index (κ2) is 5.92. The summed E-state index contributed by atoms with van der Waals surface area (Å²) in [4.78, 5) is 0. The average molecular weight is 274 g/mol. The lowest BCUT2D eigenvalue weighted by Crippen LogP contribution is -2.31. The van der Waals surface area contributed by atoms with Crippen LogP contribution in [-0.4, -0.2) is 42.0 Å². The molecular weight excluding hydrogens is 256 g/mol. The van der Waals surface area contributed by atoms with Crippen molar-refractivity contribution in [3.05, 3.63) is 18.2 Å². The molecule has 0 spiro atoms. The summed E-state index contributed by atoms with van der Waals surface area (Å²) >= 11 is 0. The van der Waals surface area contributed by atoms with Crippen molar-refractivity contribution in [3.8, 4) is 11.5 Å². The molecule has 6 nitrogen and oxygen atoms in total. The number of hydrogen-bond donors (Lipinski definition) is 1. The number of nitrogens with two attached hydrogens (primary N) is 1. The minimum Gasteiger partial charge on any atom is -0.493 e. The zero-order valence-corrected chi connectivity index (χ0v) is 11.5. The molecule has 0 saturated heterocycles. The van der Waals surface area contributed by atoms with E-state index in [9.17, 15) is 8.42 Å². The Hall–Kier alpha value is -1.47. The summed E-state index contributed by atoms with van der Waals surface area (Å²) in [6.45, 7) is 0.0833. The lowest BCUT2D eigenvalue weighted by atomic mass is 10.3. The maximum absolute atomic E-state index is 11.9. The lowest BCUT2D eigenvalue weighted by molar-refractivity contribution is 0.355. The van der Waals surface area contributed by atoms with E-state index in [4.69, 9.17) is 15.2 Å². The summed E-state index contributed by atoms with van der Waals surface area (Å²) in [5.41, 5.74) is 5.78. The topological polar surface area (TPSA) is 81.9 Å². The van der Waals surface area contributed by atoms with E-state index < -0.39 is 10.0 Å². The highest BCUT2D eigenvalue weighted by atomic mass is 32.2. The first-order chi connectivity index (χ1) is 8.46. The molecule has 0 radical (unpaired) electrons. The molecule has 102 valence electrons. The zero-order chi connectivity index (χ0) is 13.8. The van der Waals surface area contributed by atoms with Gasteiger partial charge in [-0.15, -0.1) is 0 Å². The van der Waals surface area contributed by atoms with Gasteiger partial charge in [0.25, 0.3) is 0 Å². The van der Waals surface area contributed by atoms with Crippen LogP contribution in [0.1, 0.15) is 0 Å². The first-order valence-corrected chi connectivity index (χ1v) is 6.96. The fourth-order valence-electron chi connectivity index (χ4n) is 1.47. The molecule has 0 amide bonds. The van der Waals surface area contributed by atoms with Gasteiger partial charge in [0.1, 0.15) is 0 Å². The third-order valence-corrected chi connectivity index (χ3v) is 4.32. The summed E-state index contributed by atoms with van der Waals surface area (Å²) in [7, 11) is 1.10. The van der Waals surface area contributed by atoms with Gasteiger partial charge in [0, 0.05) is 19.7 Å². The second-order valence-corrected chi connectivity index (χ2v) is 5.73. The SMILES string of the molecule is COc1ccc(N(C)S(=O)(=O)CCN)cc1OC. The van der Waals surface area contributed by atoms with Crippen molar-refractivity contribution in [1.29, 1.82) is 0 Å². The average Bonchev–Trinajstić information content (AvgIpc) is 2.36. The molecule has 18 heavy (non-hydrogen) atoms. The number of benzene rings is 1. The minimum absolute atomic E-state index is 0.0833. The Kier molecular flexibility index (Phi) is 4.80. The predicted octanol–water partition coefficient (Wildman–Crippen LogP) is 0.428. The van der Waals surface area contributed by atoms with Gasteiger partial charge in [0.15, 0.2) is 11.5 Å².